The maximum absolute atomic E-state index is 13.3. The van der Waals surface area contributed by atoms with E-state index in [1.54, 1.807) is 12.1 Å². The normalized spacial score (nSPS) is 19.2. The van der Waals surface area contributed by atoms with Gasteiger partial charge in [-0.05, 0) is 60.4 Å². The molecule has 1 fully saturated rings. The van der Waals surface area contributed by atoms with E-state index in [1.165, 1.54) is 4.90 Å². The van der Waals surface area contributed by atoms with Crippen molar-refractivity contribution in [3.05, 3.63) is 100 Å². The first-order chi connectivity index (χ1) is 15.5. The molecule has 0 aliphatic carbocycles. The molecule has 2 aliphatic heterocycles. The van der Waals surface area contributed by atoms with Crippen LogP contribution in [0, 0.1) is 13.8 Å². The number of benzene rings is 3. The molecule has 0 radical (unpaired) electrons. The van der Waals surface area contributed by atoms with Gasteiger partial charge >= 0.3 is 0 Å². The standard InChI is InChI=1S/C27H23NO4/c1-16-7-6-10-21(17(16)2)28-24(18-8-4-3-5-9-18)23(26(30)27(28)31)25(29)20-11-12-22-19(15-20)13-14-32-22/h3-12,15,24,29H,13-14H2,1-2H3/b25-23-. The largest absolute Gasteiger partial charge is 0.507 e. The lowest BCUT2D eigenvalue weighted by Crippen LogP contribution is -2.30. The molecule has 0 aromatic heterocycles. The molecule has 2 aliphatic rings. The van der Waals surface area contributed by atoms with Crippen LogP contribution in [0.15, 0.2) is 72.3 Å². The van der Waals surface area contributed by atoms with Gasteiger partial charge in [0.25, 0.3) is 11.7 Å². The first kappa shape index (κ1) is 20.1. The first-order valence-electron chi connectivity index (χ1n) is 10.7. The molecule has 5 rings (SSSR count). The number of carbonyl (C=O) groups excluding carboxylic acids is 2. The lowest BCUT2D eigenvalue weighted by molar-refractivity contribution is -0.132. The van der Waals surface area contributed by atoms with Crippen molar-refractivity contribution in [3.8, 4) is 5.75 Å². The third-order valence-electron chi connectivity index (χ3n) is 6.36. The summed E-state index contributed by atoms with van der Waals surface area (Å²) >= 11 is 0. The van der Waals surface area contributed by atoms with Crippen molar-refractivity contribution in [2.45, 2.75) is 26.3 Å². The van der Waals surface area contributed by atoms with Gasteiger partial charge in [-0.1, -0.05) is 42.5 Å². The fraction of sp³-hybridized carbons (Fsp3) is 0.185. The molecule has 3 aromatic rings. The average Bonchev–Trinajstić information content (AvgIpc) is 3.38. The second kappa shape index (κ2) is 7.68. The third-order valence-corrected chi connectivity index (χ3v) is 6.36. The molecule has 2 heterocycles. The Morgan fingerprint density at radius 1 is 1.00 bits per heavy atom. The van der Waals surface area contributed by atoms with Gasteiger partial charge < -0.3 is 9.84 Å². The summed E-state index contributed by atoms with van der Waals surface area (Å²) in [6.45, 7) is 4.51. The maximum atomic E-state index is 13.3. The molecule has 1 saturated heterocycles. The summed E-state index contributed by atoms with van der Waals surface area (Å²) in [5.41, 5.74) is 4.96. The number of carbonyl (C=O) groups is 2. The zero-order chi connectivity index (χ0) is 22.4. The number of Topliss-reactive ketones (excluding diaryl/α,β-unsaturated/α-hetero) is 1. The quantitative estimate of drug-likeness (QED) is 0.370. The number of ketones is 1. The van der Waals surface area contributed by atoms with E-state index < -0.39 is 17.7 Å². The Hall–Kier alpha value is -3.86. The van der Waals surface area contributed by atoms with Crippen LogP contribution in [-0.2, 0) is 16.0 Å². The Kier molecular flexibility index (Phi) is 4.82. The number of fused-ring (bicyclic) bond motifs is 1. The summed E-state index contributed by atoms with van der Waals surface area (Å²) in [7, 11) is 0. The van der Waals surface area contributed by atoms with Gasteiger partial charge in [0.05, 0.1) is 18.2 Å². The predicted molar refractivity (Wildman–Crippen MR) is 123 cm³/mol. The minimum Gasteiger partial charge on any atom is -0.507 e. The van der Waals surface area contributed by atoms with E-state index in [-0.39, 0.29) is 11.3 Å². The number of ether oxygens (including phenoxy) is 1. The van der Waals surface area contributed by atoms with E-state index in [2.05, 4.69) is 0 Å². The molecule has 32 heavy (non-hydrogen) atoms. The monoisotopic (exact) mass is 425 g/mol. The molecule has 1 amide bonds. The van der Waals surface area contributed by atoms with E-state index in [0.717, 1.165) is 34.4 Å². The van der Waals surface area contributed by atoms with Crippen molar-refractivity contribution < 1.29 is 19.4 Å². The summed E-state index contributed by atoms with van der Waals surface area (Å²) in [4.78, 5) is 28.1. The number of aryl methyl sites for hydroxylation is 1. The first-order valence-corrected chi connectivity index (χ1v) is 10.7. The smallest absolute Gasteiger partial charge is 0.300 e. The minimum absolute atomic E-state index is 0.0981. The van der Waals surface area contributed by atoms with Crippen LogP contribution in [0.25, 0.3) is 5.76 Å². The second-order valence-corrected chi connectivity index (χ2v) is 8.22. The highest BCUT2D eigenvalue weighted by Gasteiger charge is 2.47. The molecule has 160 valence electrons. The highest BCUT2D eigenvalue weighted by Crippen LogP contribution is 2.43. The summed E-state index contributed by atoms with van der Waals surface area (Å²) in [6.07, 6.45) is 0.745. The summed E-state index contributed by atoms with van der Waals surface area (Å²) in [5.74, 6) is -0.704. The lowest BCUT2D eigenvalue weighted by Gasteiger charge is -2.27. The number of rotatable bonds is 3. The molecular formula is C27H23NO4. The molecule has 1 atom stereocenters. The summed E-state index contributed by atoms with van der Waals surface area (Å²) < 4.78 is 5.56. The van der Waals surface area contributed by atoms with Crippen LogP contribution >= 0.6 is 0 Å². The van der Waals surface area contributed by atoms with Gasteiger partial charge in [-0.2, -0.15) is 0 Å². The fourth-order valence-electron chi connectivity index (χ4n) is 4.52. The number of nitrogens with zero attached hydrogens (tertiary/aromatic N) is 1. The van der Waals surface area contributed by atoms with E-state index >= 15 is 0 Å². The van der Waals surface area contributed by atoms with Gasteiger partial charge in [-0.15, -0.1) is 0 Å². The molecule has 0 saturated carbocycles. The van der Waals surface area contributed by atoms with Gasteiger partial charge in [0, 0.05) is 17.7 Å². The maximum Gasteiger partial charge on any atom is 0.300 e. The fourth-order valence-corrected chi connectivity index (χ4v) is 4.52. The van der Waals surface area contributed by atoms with Crippen molar-refractivity contribution in [2.75, 3.05) is 11.5 Å². The van der Waals surface area contributed by atoms with Gasteiger partial charge in [0.1, 0.15) is 11.5 Å². The van der Waals surface area contributed by atoms with E-state index in [9.17, 15) is 14.7 Å². The van der Waals surface area contributed by atoms with Crippen LogP contribution in [0.1, 0.15) is 33.9 Å². The van der Waals surface area contributed by atoms with E-state index in [0.29, 0.717) is 17.9 Å². The highest BCUT2D eigenvalue weighted by atomic mass is 16.5. The summed E-state index contributed by atoms with van der Waals surface area (Å²) in [5, 5.41) is 11.3. The molecule has 3 aromatic carbocycles. The number of aliphatic hydroxyl groups is 1. The topological polar surface area (TPSA) is 66.8 Å². The number of amides is 1. The van der Waals surface area contributed by atoms with Crippen molar-refractivity contribution >= 4 is 23.1 Å². The molecule has 1 unspecified atom stereocenters. The zero-order valence-electron chi connectivity index (χ0n) is 18.0. The van der Waals surface area contributed by atoms with E-state index in [1.807, 2.05) is 68.4 Å². The zero-order valence-corrected chi connectivity index (χ0v) is 18.0. The Balaban J connectivity index is 1.73. The second-order valence-electron chi connectivity index (χ2n) is 8.22. The lowest BCUT2D eigenvalue weighted by atomic mass is 9.94. The van der Waals surface area contributed by atoms with Crippen LogP contribution < -0.4 is 9.64 Å². The molecule has 1 N–H and O–H groups in total. The Bertz CT molecular complexity index is 1280. The van der Waals surface area contributed by atoms with Crippen LogP contribution in [-0.4, -0.2) is 23.4 Å². The van der Waals surface area contributed by atoms with Crippen LogP contribution in [0.4, 0.5) is 5.69 Å². The number of aliphatic hydroxyl groups excluding tert-OH is 1. The number of hydrogen-bond donors (Lipinski definition) is 1. The Labute approximate surface area is 186 Å². The Morgan fingerprint density at radius 3 is 2.56 bits per heavy atom. The minimum atomic E-state index is -0.721. The number of hydrogen-bond acceptors (Lipinski definition) is 4. The van der Waals surface area contributed by atoms with Crippen LogP contribution in [0.3, 0.4) is 0 Å². The Morgan fingerprint density at radius 2 is 1.78 bits per heavy atom. The van der Waals surface area contributed by atoms with Crippen molar-refractivity contribution in [3.63, 3.8) is 0 Å². The van der Waals surface area contributed by atoms with Crippen molar-refractivity contribution in [1.29, 1.82) is 0 Å². The van der Waals surface area contributed by atoms with Crippen molar-refractivity contribution in [1.82, 2.24) is 0 Å². The van der Waals surface area contributed by atoms with Gasteiger partial charge in [0.15, 0.2) is 0 Å². The number of anilines is 1. The molecular weight excluding hydrogens is 402 g/mol. The molecule has 5 nitrogen and oxygen atoms in total. The SMILES string of the molecule is Cc1cccc(N2C(=O)C(=O)/C(=C(\O)c3ccc4c(c3)CCO4)C2c2ccccc2)c1C. The van der Waals surface area contributed by atoms with Crippen LogP contribution in [0.2, 0.25) is 0 Å². The van der Waals surface area contributed by atoms with Crippen LogP contribution in [0.5, 0.6) is 5.75 Å². The van der Waals surface area contributed by atoms with Gasteiger partial charge in [-0.3, -0.25) is 14.5 Å². The summed E-state index contributed by atoms with van der Waals surface area (Å²) in [6, 6.07) is 19.7. The molecule has 5 heteroatoms. The van der Waals surface area contributed by atoms with Crippen molar-refractivity contribution in [2.24, 2.45) is 0 Å². The third kappa shape index (κ3) is 3.09. The highest BCUT2D eigenvalue weighted by molar-refractivity contribution is 6.51. The molecule has 0 bridgehead atoms. The average molecular weight is 425 g/mol. The van der Waals surface area contributed by atoms with E-state index in [4.69, 9.17) is 4.74 Å². The molecule has 0 spiro atoms. The van der Waals surface area contributed by atoms with Gasteiger partial charge in [-0.25, -0.2) is 0 Å². The van der Waals surface area contributed by atoms with Gasteiger partial charge in [0.2, 0.25) is 0 Å². The predicted octanol–water partition coefficient (Wildman–Crippen LogP) is 4.86.